The van der Waals surface area contributed by atoms with Gasteiger partial charge >= 0.3 is 6.18 Å². The number of aryl methyl sites for hydroxylation is 2. The molecule has 0 aliphatic carbocycles. The van der Waals surface area contributed by atoms with E-state index in [1.54, 1.807) is 19.1 Å². The molecule has 0 aliphatic heterocycles. The van der Waals surface area contributed by atoms with Gasteiger partial charge < -0.3 is 0 Å². The van der Waals surface area contributed by atoms with E-state index < -0.39 is 47.8 Å². The lowest BCUT2D eigenvalue weighted by molar-refractivity contribution is -0.137. The molecule has 0 saturated carbocycles. The Morgan fingerprint density at radius 1 is 0.931 bits per heavy atom. The smallest absolute Gasteiger partial charge is 0.223 e. The summed E-state index contributed by atoms with van der Waals surface area (Å²) in [7, 11) is -8.28. The molecule has 0 saturated heterocycles. The number of sulfone groups is 1. The first-order valence-electron chi connectivity index (χ1n) is 8.57. The molecule has 2 rings (SSSR count). The van der Waals surface area contributed by atoms with E-state index in [1.807, 2.05) is 6.92 Å². The zero-order chi connectivity index (χ0) is 22.3. The number of hydrogen-bond acceptors (Lipinski definition) is 4. The van der Waals surface area contributed by atoms with Gasteiger partial charge in [0.15, 0.2) is 9.84 Å². The van der Waals surface area contributed by atoms with Crippen LogP contribution >= 0.6 is 0 Å². The van der Waals surface area contributed by atoms with Crippen molar-refractivity contribution in [2.75, 3.05) is 6.54 Å². The first kappa shape index (κ1) is 23.4. The molecule has 0 aliphatic rings. The van der Waals surface area contributed by atoms with Crippen LogP contribution in [0.3, 0.4) is 0 Å². The molecule has 0 radical (unpaired) electrons. The second-order valence-electron chi connectivity index (χ2n) is 7.38. The number of nitrogens with one attached hydrogen (secondary N) is 1. The Hall–Kier alpha value is -1.91. The average molecular weight is 450 g/mol. The Morgan fingerprint density at radius 2 is 1.55 bits per heavy atom. The Balaban J connectivity index is 2.33. The van der Waals surface area contributed by atoms with Crippen molar-refractivity contribution in [3.63, 3.8) is 0 Å². The highest BCUT2D eigenvalue weighted by Gasteiger charge is 2.39. The molecular formula is C19H22F3NO4S2. The summed E-state index contributed by atoms with van der Waals surface area (Å²) in [6.45, 7) is 5.43. The third-order valence-corrected chi connectivity index (χ3v) is 8.54. The van der Waals surface area contributed by atoms with Crippen molar-refractivity contribution >= 4 is 19.9 Å². The van der Waals surface area contributed by atoms with Crippen LogP contribution in [0.15, 0.2) is 52.3 Å². The Bertz CT molecular complexity index is 1120. The van der Waals surface area contributed by atoms with Crippen LogP contribution in [0.1, 0.15) is 30.5 Å². The Morgan fingerprint density at radius 3 is 2.10 bits per heavy atom. The van der Waals surface area contributed by atoms with E-state index in [4.69, 9.17) is 0 Å². The summed E-state index contributed by atoms with van der Waals surface area (Å²) in [5.74, 6) is 0. The summed E-state index contributed by atoms with van der Waals surface area (Å²) in [6.07, 6.45) is -4.69. The van der Waals surface area contributed by atoms with Crippen LogP contribution in [0.4, 0.5) is 13.2 Å². The quantitative estimate of drug-likeness (QED) is 0.726. The molecule has 10 heteroatoms. The summed E-state index contributed by atoms with van der Waals surface area (Å²) < 4.78 is 90.4. The number of benzene rings is 2. The van der Waals surface area contributed by atoms with Crippen LogP contribution in [0.25, 0.3) is 0 Å². The number of sulfonamides is 1. The minimum Gasteiger partial charge on any atom is -0.223 e. The van der Waals surface area contributed by atoms with E-state index in [9.17, 15) is 30.0 Å². The first-order chi connectivity index (χ1) is 13.1. The predicted octanol–water partition coefficient (Wildman–Crippen LogP) is 3.85. The molecule has 0 unspecified atom stereocenters. The molecule has 0 atom stereocenters. The highest BCUT2D eigenvalue weighted by molar-refractivity contribution is 7.93. The maximum Gasteiger partial charge on any atom is 0.416 e. The molecular weight excluding hydrogens is 427 g/mol. The summed E-state index contributed by atoms with van der Waals surface area (Å²) in [5, 5.41) is 0. The lowest BCUT2D eigenvalue weighted by atomic mass is 10.2. The third-order valence-electron chi connectivity index (χ3n) is 4.51. The van der Waals surface area contributed by atoms with Gasteiger partial charge in [0.1, 0.15) is 0 Å². The van der Waals surface area contributed by atoms with Crippen molar-refractivity contribution in [3.05, 3.63) is 59.2 Å². The van der Waals surface area contributed by atoms with Crippen LogP contribution in [0, 0.1) is 13.8 Å². The van der Waals surface area contributed by atoms with Crippen LogP contribution in [-0.2, 0) is 26.0 Å². The fourth-order valence-corrected chi connectivity index (χ4v) is 5.67. The van der Waals surface area contributed by atoms with Gasteiger partial charge in [-0.3, -0.25) is 0 Å². The molecule has 2 aromatic carbocycles. The third kappa shape index (κ3) is 4.99. The van der Waals surface area contributed by atoms with Crippen molar-refractivity contribution in [3.8, 4) is 0 Å². The van der Waals surface area contributed by atoms with E-state index in [1.165, 1.54) is 19.9 Å². The zero-order valence-corrected chi connectivity index (χ0v) is 18.0. The molecule has 2 aromatic rings. The van der Waals surface area contributed by atoms with Crippen molar-refractivity contribution < 1.29 is 30.0 Å². The second kappa shape index (κ2) is 7.73. The number of hydrogen-bond donors (Lipinski definition) is 1. The van der Waals surface area contributed by atoms with Gasteiger partial charge in [-0.2, -0.15) is 13.2 Å². The van der Waals surface area contributed by atoms with Gasteiger partial charge in [0.2, 0.25) is 10.0 Å². The van der Waals surface area contributed by atoms with Gasteiger partial charge in [0.25, 0.3) is 0 Å². The molecule has 0 fully saturated rings. The molecule has 0 spiro atoms. The minimum absolute atomic E-state index is 0.00960. The SMILES string of the molecule is Cc1ccc(S(=O)(=O)NCC(C)(C)S(=O)(=O)c2cccc(C(F)(F)F)c2)c(C)c1. The highest BCUT2D eigenvalue weighted by atomic mass is 32.2. The normalized spacial score (nSPS) is 13.5. The lowest BCUT2D eigenvalue weighted by Gasteiger charge is -2.25. The second-order valence-corrected chi connectivity index (χ2v) is 11.7. The molecule has 5 nitrogen and oxygen atoms in total. The maximum absolute atomic E-state index is 12.9. The summed E-state index contributed by atoms with van der Waals surface area (Å²) >= 11 is 0. The van der Waals surface area contributed by atoms with Crippen LogP contribution < -0.4 is 4.72 Å². The maximum atomic E-state index is 12.9. The van der Waals surface area contributed by atoms with Gasteiger partial charge in [-0.05, 0) is 57.5 Å². The molecule has 0 aromatic heterocycles. The molecule has 1 N–H and O–H groups in total. The molecule has 0 amide bonds. The monoisotopic (exact) mass is 449 g/mol. The number of halogens is 3. The topological polar surface area (TPSA) is 80.3 Å². The Labute approximate surface area is 168 Å². The fraction of sp³-hybridized carbons (Fsp3) is 0.368. The van der Waals surface area contributed by atoms with Gasteiger partial charge in [0.05, 0.1) is 20.1 Å². The van der Waals surface area contributed by atoms with Crippen molar-refractivity contribution in [1.29, 1.82) is 0 Å². The van der Waals surface area contributed by atoms with E-state index in [0.717, 1.165) is 23.8 Å². The van der Waals surface area contributed by atoms with Crippen LogP contribution in [-0.4, -0.2) is 28.1 Å². The minimum atomic E-state index is -4.69. The van der Waals surface area contributed by atoms with Gasteiger partial charge in [0, 0.05) is 6.54 Å². The zero-order valence-electron chi connectivity index (χ0n) is 16.3. The Kier molecular flexibility index (Phi) is 6.23. The van der Waals surface area contributed by atoms with E-state index in [-0.39, 0.29) is 4.90 Å². The van der Waals surface area contributed by atoms with E-state index in [2.05, 4.69) is 4.72 Å². The average Bonchev–Trinajstić information content (AvgIpc) is 2.59. The summed E-state index contributed by atoms with van der Waals surface area (Å²) in [5.41, 5.74) is 0.273. The fourth-order valence-electron chi connectivity index (χ4n) is 2.70. The van der Waals surface area contributed by atoms with E-state index >= 15 is 0 Å². The predicted molar refractivity (Wildman–Crippen MR) is 104 cm³/mol. The van der Waals surface area contributed by atoms with Gasteiger partial charge in [-0.25, -0.2) is 21.6 Å². The van der Waals surface area contributed by atoms with Crippen molar-refractivity contribution in [2.24, 2.45) is 0 Å². The van der Waals surface area contributed by atoms with Crippen molar-refractivity contribution in [2.45, 2.75) is 48.4 Å². The molecule has 160 valence electrons. The van der Waals surface area contributed by atoms with Crippen LogP contribution in [0.2, 0.25) is 0 Å². The number of alkyl halides is 3. The number of rotatable bonds is 6. The largest absolute Gasteiger partial charge is 0.416 e. The van der Waals surface area contributed by atoms with E-state index in [0.29, 0.717) is 11.6 Å². The van der Waals surface area contributed by atoms with Crippen LogP contribution in [0.5, 0.6) is 0 Å². The standard InChI is InChI=1S/C19H22F3NO4S2/c1-13-8-9-17(14(2)10-13)29(26,27)23-12-18(3,4)28(24,25)16-7-5-6-15(11-16)19(20,21)22/h5-11,23H,12H2,1-4H3. The van der Waals surface area contributed by atoms with Crippen molar-refractivity contribution in [1.82, 2.24) is 4.72 Å². The highest BCUT2D eigenvalue weighted by Crippen LogP contribution is 2.33. The first-order valence-corrected chi connectivity index (χ1v) is 11.5. The van der Waals surface area contributed by atoms with Gasteiger partial charge in [-0.1, -0.05) is 23.8 Å². The summed E-state index contributed by atoms with van der Waals surface area (Å²) in [6, 6.07) is 8.10. The summed E-state index contributed by atoms with van der Waals surface area (Å²) in [4.78, 5) is -0.515. The lowest BCUT2D eigenvalue weighted by Crippen LogP contribution is -2.44. The molecule has 29 heavy (non-hydrogen) atoms. The molecule has 0 bridgehead atoms. The van der Waals surface area contributed by atoms with Gasteiger partial charge in [-0.15, -0.1) is 0 Å². The molecule has 0 heterocycles.